The molecule has 0 radical (unpaired) electrons. The number of carbonyl (C=O) groups is 1. The molecule has 7 nitrogen and oxygen atoms in total. The second-order valence-corrected chi connectivity index (χ2v) is 4.16. The molecule has 1 aromatic heterocycles. The minimum Gasteiger partial charge on any atom is -0.505 e. The average molecular weight is 289 g/mol. The summed E-state index contributed by atoms with van der Waals surface area (Å²) in [5.74, 6) is -0.588. The number of nitrogens with one attached hydrogen (secondary N) is 1. The lowest BCUT2D eigenvalue weighted by Crippen LogP contribution is -2.29. The van der Waals surface area contributed by atoms with Crippen molar-refractivity contribution in [3.8, 4) is 17.2 Å². The molecule has 0 spiro atoms. The quantitative estimate of drug-likeness (QED) is 0.864. The Kier molecular flexibility index (Phi) is 4.22. The maximum absolute atomic E-state index is 12.0. The van der Waals surface area contributed by atoms with Crippen LogP contribution in [-0.4, -0.2) is 34.4 Å². The number of aromatic hydroxyl groups is 1. The third-order valence-electron chi connectivity index (χ3n) is 2.78. The molecular weight excluding hydrogens is 274 g/mol. The Balaban J connectivity index is 2.62. The number of nitrogens with zero attached hydrogens (tertiary/aromatic N) is 2. The largest absolute Gasteiger partial charge is 0.505 e. The molecule has 0 bridgehead atoms. The number of rotatable bonds is 4. The fraction of sp³-hybridized carbons (Fsp3) is 0.214. The summed E-state index contributed by atoms with van der Waals surface area (Å²) < 4.78 is 6.19. The minimum absolute atomic E-state index is 0.220. The van der Waals surface area contributed by atoms with Crippen LogP contribution in [0.4, 0.5) is 0 Å². The van der Waals surface area contributed by atoms with Crippen molar-refractivity contribution in [3.05, 3.63) is 46.4 Å². The van der Waals surface area contributed by atoms with Gasteiger partial charge in [-0.05, 0) is 19.1 Å². The number of hydrogen-bond acceptors (Lipinski definition) is 5. The lowest BCUT2D eigenvalue weighted by atomic mass is 10.3. The first-order valence-corrected chi connectivity index (χ1v) is 6.33. The lowest BCUT2D eigenvalue weighted by molar-refractivity contribution is 0.0946. The lowest BCUT2D eigenvalue weighted by Gasteiger charge is -2.11. The highest BCUT2D eigenvalue weighted by Gasteiger charge is 2.17. The van der Waals surface area contributed by atoms with Gasteiger partial charge in [-0.25, -0.2) is 0 Å². The monoisotopic (exact) mass is 289 g/mol. The highest BCUT2D eigenvalue weighted by molar-refractivity contribution is 5.94. The molecule has 0 aliphatic heterocycles. The van der Waals surface area contributed by atoms with E-state index in [0.717, 1.165) is 10.7 Å². The van der Waals surface area contributed by atoms with Crippen molar-refractivity contribution >= 4 is 5.91 Å². The van der Waals surface area contributed by atoms with E-state index in [9.17, 15) is 14.7 Å². The molecule has 110 valence electrons. The molecule has 2 aromatic rings. The molecule has 0 fully saturated rings. The van der Waals surface area contributed by atoms with E-state index in [-0.39, 0.29) is 5.69 Å². The molecule has 0 atom stereocenters. The molecular formula is C14H15N3O4. The van der Waals surface area contributed by atoms with Gasteiger partial charge >= 0.3 is 0 Å². The van der Waals surface area contributed by atoms with Crippen molar-refractivity contribution in [2.75, 3.05) is 13.7 Å². The molecule has 7 heteroatoms. The van der Waals surface area contributed by atoms with Crippen molar-refractivity contribution in [2.24, 2.45) is 0 Å². The summed E-state index contributed by atoms with van der Waals surface area (Å²) in [5, 5.41) is 16.2. The van der Waals surface area contributed by atoms with Crippen molar-refractivity contribution < 1.29 is 14.6 Å². The number of ether oxygens (including phenoxy) is 1. The summed E-state index contributed by atoms with van der Waals surface area (Å²) in [6, 6.07) is 7.71. The summed E-state index contributed by atoms with van der Waals surface area (Å²) in [6.07, 6.45) is 0. The molecule has 2 rings (SSSR count). The number of methoxy groups -OCH3 is 1. The second kappa shape index (κ2) is 6.08. The van der Waals surface area contributed by atoms with Crippen LogP contribution in [0.2, 0.25) is 0 Å². The standard InChI is InChI=1S/C14H15N3O4/c1-3-15-14(20)13-10(18)8-12(19)17(16-13)9-6-4-5-7-11(9)21-2/h4-8,18H,3H2,1-2H3,(H,15,20). The van der Waals surface area contributed by atoms with Crippen LogP contribution in [0.3, 0.4) is 0 Å². The van der Waals surface area contributed by atoms with Gasteiger partial charge in [0.2, 0.25) is 0 Å². The Morgan fingerprint density at radius 1 is 1.43 bits per heavy atom. The molecule has 2 N–H and O–H groups in total. The van der Waals surface area contributed by atoms with Crippen LogP contribution in [0.5, 0.6) is 11.5 Å². The molecule has 0 saturated carbocycles. The van der Waals surface area contributed by atoms with Crippen molar-refractivity contribution in [3.63, 3.8) is 0 Å². The van der Waals surface area contributed by atoms with Crippen LogP contribution < -0.4 is 15.6 Å². The van der Waals surface area contributed by atoms with Gasteiger partial charge in [0.05, 0.1) is 7.11 Å². The van der Waals surface area contributed by atoms with Gasteiger partial charge in [-0.15, -0.1) is 0 Å². The first kappa shape index (κ1) is 14.6. The Morgan fingerprint density at radius 2 is 2.14 bits per heavy atom. The van der Waals surface area contributed by atoms with Gasteiger partial charge in [0.25, 0.3) is 11.5 Å². The van der Waals surface area contributed by atoms with Crippen molar-refractivity contribution in [1.82, 2.24) is 15.1 Å². The number of amides is 1. The van der Waals surface area contributed by atoms with Crippen LogP contribution in [0, 0.1) is 0 Å². The van der Waals surface area contributed by atoms with Gasteiger partial charge in [0, 0.05) is 12.6 Å². The molecule has 21 heavy (non-hydrogen) atoms. The summed E-state index contributed by atoms with van der Waals surface area (Å²) in [7, 11) is 1.47. The van der Waals surface area contributed by atoms with E-state index < -0.39 is 17.2 Å². The Labute approximate surface area is 120 Å². The number of benzene rings is 1. The number of para-hydroxylation sites is 2. The zero-order valence-corrected chi connectivity index (χ0v) is 11.7. The molecule has 1 aromatic carbocycles. The maximum Gasteiger partial charge on any atom is 0.275 e. The van der Waals surface area contributed by atoms with Gasteiger partial charge < -0.3 is 15.2 Å². The van der Waals surface area contributed by atoms with Crippen LogP contribution in [0.25, 0.3) is 5.69 Å². The first-order valence-electron chi connectivity index (χ1n) is 6.33. The number of carbonyl (C=O) groups excluding carboxylic acids is 1. The van der Waals surface area contributed by atoms with Crippen LogP contribution >= 0.6 is 0 Å². The van der Waals surface area contributed by atoms with E-state index in [4.69, 9.17) is 4.74 Å². The van der Waals surface area contributed by atoms with Crippen LogP contribution in [-0.2, 0) is 0 Å². The van der Waals surface area contributed by atoms with E-state index in [1.54, 1.807) is 31.2 Å². The molecule has 0 unspecified atom stereocenters. The van der Waals surface area contributed by atoms with Crippen LogP contribution in [0.15, 0.2) is 35.1 Å². The zero-order valence-electron chi connectivity index (χ0n) is 11.7. The second-order valence-electron chi connectivity index (χ2n) is 4.16. The van der Waals surface area contributed by atoms with E-state index in [2.05, 4.69) is 10.4 Å². The van der Waals surface area contributed by atoms with Gasteiger partial charge in [0.1, 0.15) is 11.4 Å². The Morgan fingerprint density at radius 3 is 2.81 bits per heavy atom. The zero-order chi connectivity index (χ0) is 15.4. The Hall–Kier alpha value is -2.83. The normalized spacial score (nSPS) is 10.2. The summed E-state index contributed by atoms with van der Waals surface area (Å²) in [6.45, 7) is 2.12. The van der Waals surface area contributed by atoms with E-state index >= 15 is 0 Å². The van der Waals surface area contributed by atoms with Crippen molar-refractivity contribution in [1.29, 1.82) is 0 Å². The molecule has 0 aliphatic carbocycles. The predicted octanol–water partition coefficient (Wildman–Crippen LogP) is 0.696. The van der Waals surface area contributed by atoms with Gasteiger partial charge in [-0.3, -0.25) is 9.59 Å². The fourth-order valence-electron chi connectivity index (χ4n) is 1.83. The van der Waals surface area contributed by atoms with Crippen molar-refractivity contribution in [2.45, 2.75) is 6.92 Å². The van der Waals surface area contributed by atoms with Gasteiger partial charge in [0.15, 0.2) is 11.4 Å². The summed E-state index contributed by atoms with van der Waals surface area (Å²) >= 11 is 0. The van der Waals surface area contributed by atoms with Crippen LogP contribution in [0.1, 0.15) is 17.4 Å². The highest BCUT2D eigenvalue weighted by Crippen LogP contribution is 2.21. The molecule has 1 amide bonds. The summed E-state index contributed by atoms with van der Waals surface area (Å²) in [4.78, 5) is 23.8. The summed E-state index contributed by atoms with van der Waals surface area (Å²) in [5.41, 5.74) is -0.400. The molecule has 1 heterocycles. The third kappa shape index (κ3) is 2.86. The number of aromatic nitrogens is 2. The number of hydrogen-bond donors (Lipinski definition) is 2. The van der Waals surface area contributed by atoms with Gasteiger partial charge in [-0.2, -0.15) is 9.78 Å². The smallest absolute Gasteiger partial charge is 0.275 e. The van der Waals surface area contributed by atoms with Gasteiger partial charge in [-0.1, -0.05) is 12.1 Å². The van der Waals surface area contributed by atoms with E-state index in [1.807, 2.05) is 0 Å². The SMILES string of the molecule is CCNC(=O)c1nn(-c2ccccc2OC)c(=O)cc1O. The first-order chi connectivity index (χ1) is 10.1. The Bertz CT molecular complexity index is 724. The average Bonchev–Trinajstić information content (AvgIpc) is 2.47. The molecule has 0 saturated heterocycles. The molecule has 0 aliphatic rings. The minimum atomic E-state index is -0.565. The third-order valence-corrected chi connectivity index (χ3v) is 2.78. The maximum atomic E-state index is 12.0. The van der Waals surface area contributed by atoms with E-state index in [1.165, 1.54) is 7.11 Å². The predicted molar refractivity (Wildman–Crippen MR) is 76.1 cm³/mol. The fourth-order valence-corrected chi connectivity index (χ4v) is 1.83. The highest BCUT2D eigenvalue weighted by atomic mass is 16.5. The topological polar surface area (TPSA) is 93.5 Å². The van der Waals surface area contributed by atoms with E-state index in [0.29, 0.717) is 18.0 Å².